The SMILES string of the molecule is CCCC(C)(C#N)NC(=O)c1cccc(Br)c1Cl. The maximum atomic E-state index is 12.1. The Bertz CT molecular complexity index is 498. The first-order chi connectivity index (χ1) is 8.43. The van der Waals surface area contributed by atoms with Crippen LogP contribution in [0, 0.1) is 11.3 Å². The molecule has 1 aromatic carbocycles. The number of carbonyl (C=O) groups excluding carboxylic acids is 1. The largest absolute Gasteiger partial charge is 0.334 e. The highest BCUT2D eigenvalue weighted by molar-refractivity contribution is 9.10. The van der Waals surface area contributed by atoms with Gasteiger partial charge in [-0.2, -0.15) is 5.26 Å². The number of amides is 1. The average molecular weight is 330 g/mol. The molecule has 0 radical (unpaired) electrons. The third-order valence-electron chi connectivity index (χ3n) is 2.58. The summed E-state index contributed by atoms with van der Waals surface area (Å²) in [7, 11) is 0. The van der Waals surface area contributed by atoms with E-state index in [0.717, 1.165) is 6.42 Å². The molecule has 1 aromatic rings. The molecule has 0 spiro atoms. The van der Waals surface area contributed by atoms with Crippen molar-refractivity contribution in [2.45, 2.75) is 32.2 Å². The molecule has 5 heteroatoms. The predicted octanol–water partition coefficient (Wildman–Crippen LogP) is 3.91. The first kappa shape index (κ1) is 15.0. The monoisotopic (exact) mass is 328 g/mol. The number of hydrogen-bond acceptors (Lipinski definition) is 2. The minimum absolute atomic E-state index is 0.334. The van der Waals surface area contributed by atoms with Crippen LogP contribution < -0.4 is 5.32 Å². The minimum atomic E-state index is -0.864. The van der Waals surface area contributed by atoms with Crippen LogP contribution in [0.5, 0.6) is 0 Å². The quantitative estimate of drug-likeness (QED) is 0.910. The summed E-state index contributed by atoms with van der Waals surface area (Å²) in [5.74, 6) is -0.334. The molecule has 96 valence electrons. The first-order valence-electron chi connectivity index (χ1n) is 5.61. The smallest absolute Gasteiger partial charge is 0.254 e. The molecule has 18 heavy (non-hydrogen) atoms. The fourth-order valence-corrected chi connectivity index (χ4v) is 2.22. The highest BCUT2D eigenvalue weighted by Crippen LogP contribution is 2.26. The number of benzene rings is 1. The molecule has 0 aliphatic heterocycles. The molecule has 1 rings (SSSR count). The lowest BCUT2D eigenvalue weighted by Crippen LogP contribution is -2.44. The van der Waals surface area contributed by atoms with E-state index in [0.29, 0.717) is 21.5 Å². The van der Waals surface area contributed by atoms with Gasteiger partial charge in [0.15, 0.2) is 0 Å². The third-order valence-corrected chi connectivity index (χ3v) is 3.88. The lowest BCUT2D eigenvalue weighted by Gasteiger charge is -2.22. The van der Waals surface area contributed by atoms with Gasteiger partial charge >= 0.3 is 0 Å². The van der Waals surface area contributed by atoms with Gasteiger partial charge in [0, 0.05) is 4.47 Å². The summed E-state index contributed by atoms with van der Waals surface area (Å²) in [5, 5.41) is 12.2. The summed E-state index contributed by atoms with van der Waals surface area (Å²) in [6, 6.07) is 7.25. The van der Waals surface area contributed by atoms with Gasteiger partial charge in [-0.25, -0.2) is 0 Å². The number of nitrogens with one attached hydrogen (secondary N) is 1. The van der Waals surface area contributed by atoms with Gasteiger partial charge in [-0.3, -0.25) is 4.79 Å². The maximum absolute atomic E-state index is 12.1. The molecule has 0 heterocycles. The number of nitriles is 1. The Morgan fingerprint density at radius 2 is 2.28 bits per heavy atom. The molecule has 1 unspecified atom stereocenters. The first-order valence-corrected chi connectivity index (χ1v) is 6.78. The van der Waals surface area contributed by atoms with E-state index >= 15 is 0 Å². The van der Waals surface area contributed by atoms with Gasteiger partial charge in [0.2, 0.25) is 0 Å². The van der Waals surface area contributed by atoms with Crippen LogP contribution in [0.25, 0.3) is 0 Å². The number of hydrogen-bond donors (Lipinski definition) is 1. The third kappa shape index (κ3) is 3.47. The van der Waals surface area contributed by atoms with Gasteiger partial charge in [0.05, 0.1) is 16.7 Å². The molecule has 0 saturated heterocycles. The van der Waals surface area contributed by atoms with Crippen LogP contribution in [-0.2, 0) is 0 Å². The molecule has 0 bridgehead atoms. The van der Waals surface area contributed by atoms with E-state index in [1.165, 1.54) is 0 Å². The minimum Gasteiger partial charge on any atom is -0.334 e. The van der Waals surface area contributed by atoms with Crippen molar-refractivity contribution in [3.8, 4) is 6.07 Å². The van der Waals surface area contributed by atoms with Crippen LogP contribution in [0.1, 0.15) is 37.0 Å². The van der Waals surface area contributed by atoms with Crippen molar-refractivity contribution in [2.24, 2.45) is 0 Å². The van der Waals surface area contributed by atoms with Gasteiger partial charge < -0.3 is 5.32 Å². The summed E-state index contributed by atoms with van der Waals surface area (Å²) in [6.45, 7) is 3.67. The Hall–Kier alpha value is -1.05. The van der Waals surface area contributed by atoms with Crippen LogP contribution in [0.2, 0.25) is 5.02 Å². The molecular weight excluding hydrogens is 316 g/mol. The zero-order valence-electron chi connectivity index (χ0n) is 10.3. The highest BCUT2D eigenvalue weighted by Gasteiger charge is 2.26. The molecule has 1 amide bonds. The van der Waals surface area contributed by atoms with Gasteiger partial charge in [-0.05, 0) is 41.4 Å². The predicted molar refractivity (Wildman–Crippen MR) is 75.5 cm³/mol. The zero-order chi connectivity index (χ0) is 13.8. The van der Waals surface area contributed by atoms with Crippen LogP contribution in [-0.4, -0.2) is 11.4 Å². The van der Waals surface area contributed by atoms with Crippen molar-refractivity contribution < 1.29 is 4.79 Å². The van der Waals surface area contributed by atoms with Crippen molar-refractivity contribution in [2.75, 3.05) is 0 Å². The average Bonchev–Trinajstić information content (AvgIpc) is 2.32. The van der Waals surface area contributed by atoms with E-state index in [9.17, 15) is 4.79 Å². The van der Waals surface area contributed by atoms with Crippen LogP contribution in [0.4, 0.5) is 0 Å². The molecule has 1 atom stereocenters. The van der Waals surface area contributed by atoms with Crippen molar-refractivity contribution in [1.29, 1.82) is 5.26 Å². The Labute approximate surface area is 120 Å². The van der Waals surface area contributed by atoms with E-state index in [4.69, 9.17) is 16.9 Å². The fraction of sp³-hybridized carbons (Fsp3) is 0.385. The zero-order valence-corrected chi connectivity index (χ0v) is 12.6. The van der Waals surface area contributed by atoms with Gasteiger partial charge in [0.1, 0.15) is 5.54 Å². The van der Waals surface area contributed by atoms with E-state index in [1.54, 1.807) is 25.1 Å². The molecule has 3 nitrogen and oxygen atoms in total. The van der Waals surface area contributed by atoms with Gasteiger partial charge in [-0.15, -0.1) is 0 Å². The summed E-state index contributed by atoms with van der Waals surface area (Å²) in [5.41, 5.74) is -0.499. The topological polar surface area (TPSA) is 52.9 Å². The van der Waals surface area contributed by atoms with Crippen LogP contribution >= 0.6 is 27.5 Å². The second-order valence-corrected chi connectivity index (χ2v) is 5.48. The van der Waals surface area contributed by atoms with Crippen molar-refractivity contribution >= 4 is 33.4 Å². The van der Waals surface area contributed by atoms with Crippen molar-refractivity contribution in [1.82, 2.24) is 5.32 Å². The summed E-state index contributed by atoms with van der Waals surface area (Å²) >= 11 is 9.31. The van der Waals surface area contributed by atoms with E-state index in [2.05, 4.69) is 27.3 Å². The van der Waals surface area contributed by atoms with Crippen LogP contribution in [0.3, 0.4) is 0 Å². The van der Waals surface area contributed by atoms with Gasteiger partial charge in [-0.1, -0.05) is 31.0 Å². The van der Waals surface area contributed by atoms with Gasteiger partial charge in [0.25, 0.3) is 5.91 Å². The number of rotatable bonds is 4. The maximum Gasteiger partial charge on any atom is 0.254 e. The molecular formula is C13H14BrClN2O. The molecule has 0 aliphatic carbocycles. The molecule has 0 fully saturated rings. The molecule has 0 aliphatic rings. The summed E-state index contributed by atoms with van der Waals surface area (Å²) in [6.07, 6.45) is 1.41. The van der Waals surface area contributed by atoms with E-state index in [1.807, 2.05) is 6.92 Å². The summed E-state index contributed by atoms with van der Waals surface area (Å²) in [4.78, 5) is 12.1. The molecule has 0 aromatic heterocycles. The Morgan fingerprint density at radius 1 is 1.61 bits per heavy atom. The number of nitrogens with zero attached hydrogens (tertiary/aromatic N) is 1. The fourth-order valence-electron chi connectivity index (χ4n) is 1.64. The van der Waals surface area contributed by atoms with E-state index < -0.39 is 5.54 Å². The number of carbonyl (C=O) groups is 1. The highest BCUT2D eigenvalue weighted by atomic mass is 79.9. The van der Waals surface area contributed by atoms with Crippen molar-refractivity contribution in [3.63, 3.8) is 0 Å². The lowest BCUT2D eigenvalue weighted by atomic mass is 9.97. The second kappa shape index (κ2) is 6.21. The Kier molecular flexibility index (Phi) is 5.18. The molecule has 1 N–H and O–H groups in total. The standard InChI is InChI=1S/C13H14BrClN2O/c1-3-7-13(2,8-16)17-12(18)9-5-4-6-10(14)11(9)15/h4-6H,3,7H2,1-2H3,(H,17,18). The number of halogens is 2. The molecule has 0 saturated carbocycles. The Morgan fingerprint density at radius 3 is 2.83 bits per heavy atom. The second-order valence-electron chi connectivity index (χ2n) is 4.25. The normalized spacial score (nSPS) is 13.5. The Balaban J connectivity index is 2.96. The van der Waals surface area contributed by atoms with E-state index in [-0.39, 0.29) is 5.91 Å². The lowest BCUT2D eigenvalue weighted by molar-refractivity contribution is 0.0921. The van der Waals surface area contributed by atoms with Crippen molar-refractivity contribution in [3.05, 3.63) is 33.3 Å². The summed E-state index contributed by atoms with van der Waals surface area (Å²) < 4.78 is 0.658. The van der Waals surface area contributed by atoms with Crippen LogP contribution in [0.15, 0.2) is 22.7 Å².